The van der Waals surface area contributed by atoms with E-state index in [0.29, 0.717) is 5.41 Å². The van der Waals surface area contributed by atoms with Crippen LogP contribution in [-0.4, -0.2) is 24.5 Å². The molecule has 0 aromatic carbocycles. The predicted molar refractivity (Wildman–Crippen MR) is 58.9 cm³/mol. The SMILES string of the molecule is C=C(CC)CN1CCCC(C)(C)C1. The Balaban J connectivity index is 2.39. The van der Waals surface area contributed by atoms with Crippen LogP contribution >= 0.6 is 0 Å². The van der Waals surface area contributed by atoms with E-state index in [9.17, 15) is 0 Å². The molecule has 0 aliphatic carbocycles. The molecule has 0 atom stereocenters. The molecule has 0 radical (unpaired) electrons. The third-order valence-electron chi connectivity index (χ3n) is 2.93. The molecule has 13 heavy (non-hydrogen) atoms. The standard InChI is InChI=1S/C12H23N/c1-5-11(2)9-13-8-6-7-12(3,4)10-13/h2,5-10H2,1,3-4H3. The Hall–Kier alpha value is -0.300. The van der Waals surface area contributed by atoms with Crippen molar-refractivity contribution in [3.8, 4) is 0 Å². The number of hydrogen-bond acceptors (Lipinski definition) is 1. The van der Waals surface area contributed by atoms with Crippen molar-refractivity contribution in [2.45, 2.75) is 40.0 Å². The number of rotatable bonds is 3. The summed E-state index contributed by atoms with van der Waals surface area (Å²) in [6.45, 7) is 14.6. The van der Waals surface area contributed by atoms with Crippen molar-refractivity contribution in [1.29, 1.82) is 0 Å². The lowest BCUT2D eigenvalue weighted by Crippen LogP contribution is -2.40. The largest absolute Gasteiger partial charge is 0.299 e. The van der Waals surface area contributed by atoms with Gasteiger partial charge in [0.05, 0.1) is 0 Å². The molecule has 1 heteroatoms. The van der Waals surface area contributed by atoms with E-state index in [2.05, 4.69) is 32.3 Å². The van der Waals surface area contributed by atoms with Crippen LogP contribution in [0.5, 0.6) is 0 Å². The van der Waals surface area contributed by atoms with Gasteiger partial charge in [-0.25, -0.2) is 0 Å². The van der Waals surface area contributed by atoms with Gasteiger partial charge in [-0.2, -0.15) is 0 Å². The zero-order valence-electron chi connectivity index (χ0n) is 9.40. The Morgan fingerprint density at radius 1 is 1.46 bits per heavy atom. The van der Waals surface area contributed by atoms with Crippen molar-refractivity contribution < 1.29 is 0 Å². The fourth-order valence-electron chi connectivity index (χ4n) is 2.11. The van der Waals surface area contributed by atoms with Gasteiger partial charge in [0, 0.05) is 13.1 Å². The zero-order chi connectivity index (χ0) is 9.90. The summed E-state index contributed by atoms with van der Waals surface area (Å²) in [6, 6.07) is 0. The van der Waals surface area contributed by atoms with Crippen molar-refractivity contribution in [2.75, 3.05) is 19.6 Å². The minimum absolute atomic E-state index is 0.520. The van der Waals surface area contributed by atoms with Gasteiger partial charge in [0.15, 0.2) is 0 Å². The van der Waals surface area contributed by atoms with Crippen LogP contribution in [0, 0.1) is 5.41 Å². The van der Waals surface area contributed by atoms with Crippen LogP contribution in [0.3, 0.4) is 0 Å². The third kappa shape index (κ3) is 3.51. The fraction of sp³-hybridized carbons (Fsp3) is 0.833. The molecule has 0 aromatic rings. The normalized spacial score (nSPS) is 23.0. The highest BCUT2D eigenvalue weighted by molar-refractivity contribution is 4.97. The van der Waals surface area contributed by atoms with Crippen molar-refractivity contribution in [2.24, 2.45) is 5.41 Å². The Kier molecular flexibility index (Phi) is 3.55. The summed E-state index contributed by atoms with van der Waals surface area (Å²) < 4.78 is 0. The number of nitrogens with zero attached hydrogens (tertiary/aromatic N) is 1. The lowest BCUT2D eigenvalue weighted by molar-refractivity contribution is 0.126. The molecule has 0 unspecified atom stereocenters. The van der Waals surface area contributed by atoms with E-state index in [4.69, 9.17) is 0 Å². The van der Waals surface area contributed by atoms with Gasteiger partial charge in [-0.3, -0.25) is 4.90 Å². The van der Waals surface area contributed by atoms with Crippen molar-refractivity contribution in [1.82, 2.24) is 4.90 Å². The van der Waals surface area contributed by atoms with Crippen LogP contribution in [0.2, 0.25) is 0 Å². The lowest BCUT2D eigenvalue weighted by Gasteiger charge is -2.38. The van der Waals surface area contributed by atoms with E-state index >= 15 is 0 Å². The quantitative estimate of drug-likeness (QED) is 0.605. The minimum Gasteiger partial charge on any atom is -0.299 e. The molecule has 0 amide bonds. The van der Waals surface area contributed by atoms with Crippen LogP contribution in [-0.2, 0) is 0 Å². The summed E-state index contributed by atoms with van der Waals surface area (Å²) in [4.78, 5) is 2.55. The maximum absolute atomic E-state index is 4.07. The highest BCUT2D eigenvalue weighted by Gasteiger charge is 2.25. The van der Waals surface area contributed by atoms with Crippen LogP contribution < -0.4 is 0 Å². The first kappa shape index (κ1) is 10.8. The highest BCUT2D eigenvalue weighted by atomic mass is 15.1. The maximum atomic E-state index is 4.07. The van der Waals surface area contributed by atoms with Crippen LogP contribution in [0.15, 0.2) is 12.2 Å². The molecule has 0 aromatic heterocycles. The van der Waals surface area contributed by atoms with Crippen LogP contribution in [0.4, 0.5) is 0 Å². The van der Waals surface area contributed by atoms with Gasteiger partial charge in [0.1, 0.15) is 0 Å². The van der Waals surface area contributed by atoms with Crippen molar-refractivity contribution in [3.05, 3.63) is 12.2 Å². The smallest absolute Gasteiger partial charge is 0.0190 e. The Morgan fingerprint density at radius 2 is 2.15 bits per heavy atom. The Bertz CT molecular complexity index is 182. The van der Waals surface area contributed by atoms with E-state index in [1.54, 1.807) is 0 Å². The molecule has 0 bridgehead atoms. The predicted octanol–water partition coefficient (Wildman–Crippen LogP) is 3.07. The first-order valence-electron chi connectivity index (χ1n) is 5.42. The van der Waals surface area contributed by atoms with Gasteiger partial charge in [-0.15, -0.1) is 0 Å². The molecule has 1 fully saturated rings. The Labute approximate surface area is 82.8 Å². The monoisotopic (exact) mass is 181 g/mol. The molecule has 1 nitrogen and oxygen atoms in total. The van der Waals surface area contributed by atoms with E-state index < -0.39 is 0 Å². The number of likely N-dealkylation sites (tertiary alicyclic amines) is 1. The molecule has 0 spiro atoms. The molecule has 76 valence electrons. The Morgan fingerprint density at radius 3 is 2.69 bits per heavy atom. The molecular weight excluding hydrogens is 158 g/mol. The topological polar surface area (TPSA) is 3.24 Å². The van der Waals surface area contributed by atoms with Gasteiger partial charge in [0.25, 0.3) is 0 Å². The van der Waals surface area contributed by atoms with Gasteiger partial charge in [-0.1, -0.05) is 32.9 Å². The van der Waals surface area contributed by atoms with Gasteiger partial charge in [-0.05, 0) is 31.2 Å². The van der Waals surface area contributed by atoms with Crippen LogP contribution in [0.1, 0.15) is 40.0 Å². The minimum atomic E-state index is 0.520. The molecule has 1 saturated heterocycles. The van der Waals surface area contributed by atoms with E-state index in [0.717, 1.165) is 13.0 Å². The van der Waals surface area contributed by atoms with Crippen molar-refractivity contribution in [3.63, 3.8) is 0 Å². The summed E-state index contributed by atoms with van der Waals surface area (Å²) >= 11 is 0. The molecule has 1 aliphatic heterocycles. The van der Waals surface area contributed by atoms with Crippen LogP contribution in [0.25, 0.3) is 0 Å². The van der Waals surface area contributed by atoms with E-state index in [1.807, 2.05) is 0 Å². The summed E-state index contributed by atoms with van der Waals surface area (Å²) in [7, 11) is 0. The molecular formula is C12H23N. The first-order valence-corrected chi connectivity index (χ1v) is 5.42. The lowest BCUT2D eigenvalue weighted by atomic mass is 9.84. The molecule has 0 N–H and O–H groups in total. The van der Waals surface area contributed by atoms with Gasteiger partial charge in [0.2, 0.25) is 0 Å². The molecule has 1 rings (SSSR count). The molecule has 0 saturated carbocycles. The third-order valence-corrected chi connectivity index (χ3v) is 2.93. The average molecular weight is 181 g/mol. The average Bonchev–Trinajstić information content (AvgIpc) is 2.02. The zero-order valence-corrected chi connectivity index (χ0v) is 9.40. The molecule has 1 heterocycles. The van der Waals surface area contributed by atoms with Gasteiger partial charge >= 0.3 is 0 Å². The van der Waals surface area contributed by atoms with E-state index in [1.165, 1.54) is 31.5 Å². The summed E-state index contributed by atoms with van der Waals surface area (Å²) in [6.07, 6.45) is 3.85. The summed E-state index contributed by atoms with van der Waals surface area (Å²) in [5.74, 6) is 0. The fourth-order valence-corrected chi connectivity index (χ4v) is 2.11. The van der Waals surface area contributed by atoms with Crippen molar-refractivity contribution >= 4 is 0 Å². The highest BCUT2D eigenvalue weighted by Crippen LogP contribution is 2.28. The maximum Gasteiger partial charge on any atom is 0.0190 e. The number of hydrogen-bond donors (Lipinski definition) is 0. The van der Waals surface area contributed by atoms with Gasteiger partial charge < -0.3 is 0 Å². The van der Waals surface area contributed by atoms with E-state index in [-0.39, 0.29) is 0 Å². The summed E-state index contributed by atoms with van der Waals surface area (Å²) in [5.41, 5.74) is 1.89. The number of piperidine rings is 1. The molecule has 1 aliphatic rings. The summed E-state index contributed by atoms with van der Waals surface area (Å²) in [5, 5.41) is 0. The second-order valence-corrected chi connectivity index (χ2v) is 5.08. The second kappa shape index (κ2) is 4.28. The second-order valence-electron chi connectivity index (χ2n) is 5.08. The first-order chi connectivity index (χ1) is 6.03.